The number of rotatable bonds is 8. The summed E-state index contributed by atoms with van der Waals surface area (Å²) in [6.45, 7) is 0.0815. The van der Waals surface area contributed by atoms with E-state index >= 15 is 0 Å². The number of nitrogens with one attached hydrogen (secondary N) is 2. The topological polar surface area (TPSA) is 98.3 Å². The molecule has 1 amide bonds. The van der Waals surface area contributed by atoms with Gasteiger partial charge >= 0.3 is 0 Å². The number of carbonyl (C=O) groups is 1. The Morgan fingerprint density at radius 2 is 2.14 bits per heavy atom. The minimum Gasteiger partial charge on any atom is -0.493 e. The molecule has 0 radical (unpaired) electrons. The lowest BCUT2D eigenvalue weighted by atomic mass is 10.2. The van der Waals surface area contributed by atoms with Gasteiger partial charge in [-0.05, 0) is 18.2 Å². The summed E-state index contributed by atoms with van der Waals surface area (Å²) >= 11 is 2.81. The van der Waals surface area contributed by atoms with E-state index in [0.29, 0.717) is 28.6 Å². The van der Waals surface area contributed by atoms with Gasteiger partial charge in [0, 0.05) is 24.4 Å². The highest BCUT2D eigenvalue weighted by Crippen LogP contribution is 2.29. The van der Waals surface area contributed by atoms with E-state index in [0.717, 1.165) is 15.8 Å². The monoisotopic (exact) mass is 415 g/mol. The van der Waals surface area contributed by atoms with E-state index in [1.165, 1.54) is 29.8 Å². The number of nitrogens with zero attached hydrogens (tertiary/aromatic N) is 3. The van der Waals surface area contributed by atoms with Gasteiger partial charge in [-0.2, -0.15) is 0 Å². The van der Waals surface area contributed by atoms with Gasteiger partial charge in [0.05, 0.1) is 12.8 Å². The van der Waals surface area contributed by atoms with E-state index in [1.807, 2.05) is 5.38 Å². The Morgan fingerprint density at radius 3 is 2.86 bits per heavy atom. The van der Waals surface area contributed by atoms with Crippen LogP contribution in [0.1, 0.15) is 21.1 Å². The largest absolute Gasteiger partial charge is 0.493 e. The van der Waals surface area contributed by atoms with Crippen LogP contribution in [0.2, 0.25) is 0 Å². The SMILES string of the molecule is C#CCOc1cc(C(=O)Nc2nc(Cc3nnc(NC)s3)cs2)ccc1OC. The number of hydrogen-bond acceptors (Lipinski definition) is 9. The highest BCUT2D eigenvalue weighted by molar-refractivity contribution is 7.15. The maximum atomic E-state index is 12.5. The summed E-state index contributed by atoms with van der Waals surface area (Å²) in [6, 6.07) is 4.88. The highest BCUT2D eigenvalue weighted by Gasteiger charge is 2.14. The molecule has 1 aromatic carbocycles. The third-order valence-corrected chi connectivity index (χ3v) is 5.27. The minimum absolute atomic E-state index is 0.0815. The molecule has 0 aliphatic rings. The normalized spacial score (nSPS) is 10.2. The van der Waals surface area contributed by atoms with Crippen molar-refractivity contribution in [3.63, 3.8) is 0 Å². The second-order valence-electron chi connectivity index (χ2n) is 5.38. The molecule has 0 saturated carbocycles. The maximum Gasteiger partial charge on any atom is 0.257 e. The molecular weight excluding hydrogens is 398 g/mol. The Labute approximate surface area is 169 Å². The van der Waals surface area contributed by atoms with Crippen molar-refractivity contribution in [2.45, 2.75) is 6.42 Å². The molecule has 28 heavy (non-hydrogen) atoms. The van der Waals surface area contributed by atoms with Crippen molar-refractivity contribution in [1.82, 2.24) is 15.2 Å². The van der Waals surface area contributed by atoms with Crippen LogP contribution in [0.3, 0.4) is 0 Å². The number of methoxy groups -OCH3 is 1. The van der Waals surface area contributed by atoms with Crippen LogP contribution < -0.4 is 20.1 Å². The van der Waals surface area contributed by atoms with Crippen LogP contribution in [0.4, 0.5) is 10.3 Å². The van der Waals surface area contributed by atoms with Crippen molar-refractivity contribution in [2.75, 3.05) is 31.4 Å². The quantitative estimate of drug-likeness (QED) is 0.546. The number of anilines is 2. The number of thiazole rings is 1. The zero-order chi connectivity index (χ0) is 19.9. The third-order valence-electron chi connectivity index (χ3n) is 3.52. The smallest absolute Gasteiger partial charge is 0.257 e. The van der Waals surface area contributed by atoms with Gasteiger partial charge in [-0.3, -0.25) is 10.1 Å². The minimum atomic E-state index is -0.303. The molecule has 3 rings (SSSR count). The Morgan fingerprint density at radius 1 is 1.29 bits per heavy atom. The third kappa shape index (κ3) is 4.76. The predicted molar refractivity (Wildman–Crippen MR) is 110 cm³/mol. The molecule has 0 spiro atoms. The lowest BCUT2D eigenvalue weighted by Crippen LogP contribution is -2.12. The molecule has 0 fully saturated rings. The first-order valence-corrected chi connectivity index (χ1v) is 9.82. The molecule has 0 aliphatic heterocycles. The first-order chi connectivity index (χ1) is 13.6. The van der Waals surface area contributed by atoms with Crippen molar-refractivity contribution >= 4 is 38.8 Å². The van der Waals surface area contributed by atoms with Crippen LogP contribution in [0, 0.1) is 12.3 Å². The summed E-state index contributed by atoms with van der Waals surface area (Å²) < 4.78 is 10.6. The molecule has 2 heterocycles. The van der Waals surface area contributed by atoms with Crippen molar-refractivity contribution in [3.05, 3.63) is 39.8 Å². The Bertz CT molecular complexity index is 1010. The van der Waals surface area contributed by atoms with E-state index in [-0.39, 0.29) is 12.5 Å². The molecule has 0 saturated heterocycles. The summed E-state index contributed by atoms with van der Waals surface area (Å²) in [5.41, 5.74) is 1.22. The number of aromatic nitrogens is 3. The van der Waals surface area contributed by atoms with Gasteiger partial charge in [0.2, 0.25) is 5.13 Å². The molecule has 3 aromatic rings. The zero-order valence-corrected chi connectivity index (χ0v) is 16.8. The van der Waals surface area contributed by atoms with Gasteiger partial charge in [-0.15, -0.1) is 28.0 Å². The fourth-order valence-electron chi connectivity index (χ4n) is 2.25. The Hall–Kier alpha value is -3.16. The molecule has 2 N–H and O–H groups in total. The molecule has 8 nitrogen and oxygen atoms in total. The van der Waals surface area contributed by atoms with Gasteiger partial charge in [0.1, 0.15) is 11.6 Å². The van der Waals surface area contributed by atoms with E-state index < -0.39 is 0 Å². The van der Waals surface area contributed by atoms with Gasteiger partial charge in [0.25, 0.3) is 5.91 Å². The Balaban J connectivity index is 1.67. The van der Waals surface area contributed by atoms with Gasteiger partial charge in [-0.1, -0.05) is 17.3 Å². The van der Waals surface area contributed by atoms with E-state index in [2.05, 4.69) is 31.7 Å². The lowest BCUT2D eigenvalue weighted by molar-refractivity contribution is 0.102. The van der Waals surface area contributed by atoms with E-state index in [1.54, 1.807) is 25.2 Å². The van der Waals surface area contributed by atoms with Crippen LogP contribution in [0.5, 0.6) is 11.5 Å². The van der Waals surface area contributed by atoms with E-state index in [4.69, 9.17) is 15.9 Å². The maximum absolute atomic E-state index is 12.5. The molecule has 0 aliphatic carbocycles. The molecule has 10 heteroatoms. The van der Waals surface area contributed by atoms with Gasteiger partial charge < -0.3 is 14.8 Å². The van der Waals surface area contributed by atoms with Crippen LogP contribution in [-0.4, -0.2) is 41.9 Å². The van der Waals surface area contributed by atoms with Gasteiger partial charge in [-0.25, -0.2) is 4.98 Å². The van der Waals surface area contributed by atoms with Crippen LogP contribution in [0.25, 0.3) is 0 Å². The Kier molecular flexibility index (Phi) is 6.41. The number of carbonyl (C=O) groups excluding carboxylic acids is 1. The molecular formula is C18H17N5O3S2. The highest BCUT2D eigenvalue weighted by atomic mass is 32.1. The second-order valence-corrected chi connectivity index (χ2v) is 7.30. The van der Waals surface area contributed by atoms with Crippen molar-refractivity contribution < 1.29 is 14.3 Å². The number of ether oxygens (including phenoxy) is 2. The van der Waals surface area contributed by atoms with Crippen LogP contribution in [-0.2, 0) is 6.42 Å². The zero-order valence-electron chi connectivity index (χ0n) is 15.2. The fraction of sp³-hybridized carbons (Fsp3) is 0.222. The van der Waals surface area contributed by atoms with Crippen molar-refractivity contribution in [3.8, 4) is 23.8 Å². The molecule has 0 atom stereocenters. The summed E-state index contributed by atoms with van der Waals surface area (Å²) in [5.74, 6) is 2.99. The molecule has 144 valence electrons. The van der Waals surface area contributed by atoms with E-state index in [9.17, 15) is 4.79 Å². The average molecular weight is 416 g/mol. The first kappa shape index (κ1) is 19.6. The standard InChI is InChI=1S/C18H17N5O3S2/c1-4-7-26-14-8-11(5-6-13(14)25-3)16(24)21-18-20-12(10-27-18)9-15-22-23-17(19-2)28-15/h1,5-6,8,10H,7,9H2,2-3H3,(H,19,23)(H,20,21,24). The second kappa shape index (κ2) is 9.16. The molecule has 2 aromatic heterocycles. The van der Waals surface area contributed by atoms with Crippen LogP contribution in [0.15, 0.2) is 23.6 Å². The average Bonchev–Trinajstić information content (AvgIpc) is 3.35. The summed E-state index contributed by atoms with van der Waals surface area (Å²) in [5, 5.41) is 17.8. The van der Waals surface area contributed by atoms with Crippen molar-refractivity contribution in [2.24, 2.45) is 0 Å². The van der Waals surface area contributed by atoms with Gasteiger partial charge in [0.15, 0.2) is 16.6 Å². The first-order valence-electron chi connectivity index (χ1n) is 8.13. The number of amides is 1. The molecule has 0 bridgehead atoms. The summed E-state index contributed by atoms with van der Waals surface area (Å²) in [6.07, 6.45) is 5.78. The summed E-state index contributed by atoms with van der Waals surface area (Å²) in [4.78, 5) is 17.0. The number of benzene rings is 1. The van der Waals surface area contributed by atoms with Crippen molar-refractivity contribution in [1.29, 1.82) is 0 Å². The molecule has 0 unspecified atom stereocenters. The lowest BCUT2D eigenvalue weighted by Gasteiger charge is -2.10. The summed E-state index contributed by atoms with van der Waals surface area (Å²) in [7, 11) is 3.31. The van der Waals surface area contributed by atoms with Crippen LogP contribution >= 0.6 is 22.7 Å². The fourth-order valence-corrected chi connectivity index (χ4v) is 3.66. The number of terminal acetylenes is 1. The number of hydrogen-bond donors (Lipinski definition) is 2. The predicted octanol–water partition coefficient (Wildman–Crippen LogP) is 2.90.